The number of alkyl halides is 3. The first-order valence-corrected chi connectivity index (χ1v) is 6.94. The van der Waals surface area contributed by atoms with E-state index in [-0.39, 0.29) is 0 Å². The molecule has 2 rings (SSSR count). The largest absolute Gasteiger partial charge is 0.435 e. The highest BCUT2D eigenvalue weighted by Gasteiger charge is 2.32. The van der Waals surface area contributed by atoms with Crippen LogP contribution in [0.5, 0.6) is 0 Å². The van der Waals surface area contributed by atoms with Crippen LogP contribution in [-0.4, -0.2) is 10.2 Å². The van der Waals surface area contributed by atoms with Crippen molar-refractivity contribution in [1.29, 1.82) is 0 Å². The summed E-state index contributed by atoms with van der Waals surface area (Å²) in [6, 6.07) is 8.49. The number of aromatic nitrogens is 2. The predicted molar refractivity (Wildman–Crippen MR) is 72.5 cm³/mol. The second-order valence-corrected chi connectivity index (χ2v) is 5.53. The molecule has 1 heterocycles. The molecule has 2 nitrogen and oxygen atoms in total. The molecule has 0 fully saturated rings. The van der Waals surface area contributed by atoms with Gasteiger partial charge in [0.2, 0.25) is 0 Å². The van der Waals surface area contributed by atoms with E-state index in [0.717, 1.165) is 11.6 Å². The van der Waals surface area contributed by atoms with Gasteiger partial charge in [0.05, 0.1) is 0 Å². The Morgan fingerprint density at radius 3 is 2.15 bits per heavy atom. The van der Waals surface area contributed by atoms with Crippen LogP contribution in [0.25, 0.3) is 0 Å². The minimum Gasteiger partial charge on any atom is -0.164 e. The van der Waals surface area contributed by atoms with Gasteiger partial charge in [-0.25, -0.2) is 0 Å². The van der Waals surface area contributed by atoms with Gasteiger partial charge in [-0.1, -0.05) is 41.1 Å². The van der Waals surface area contributed by atoms with Crippen LogP contribution in [0.3, 0.4) is 0 Å². The van der Waals surface area contributed by atoms with E-state index in [9.17, 15) is 13.2 Å². The Morgan fingerprint density at radius 1 is 1.00 bits per heavy atom. The first kappa shape index (κ1) is 14.8. The van der Waals surface area contributed by atoms with Crippen molar-refractivity contribution in [3.8, 4) is 0 Å². The fourth-order valence-electron chi connectivity index (χ4n) is 1.86. The molecule has 20 heavy (non-hydrogen) atoms. The van der Waals surface area contributed by atoms with Gasteiger partial charge in [0, 0.05) is 5.75 Å². The van der Waals surface area contributed by atoms with E-state index in [4.69, 9.17) is 0 Å². The van der Waals surface area contributed by atoms with Crippen LogP contribution in [-0.2, 0) is 11.9 Å². The summed E-state index contributed by atoms with van der Waals surface area (Å²) in [6.45, 7) is 4.03. The second kappa shape index (κ2) is 5.83. The lowest BCUT2D eigenvalue weighted by Crippen LogP contribution is -2.08. The number of rotatable bonds is 3. The maximum atomic E-state index is 12.3. The Morgan fingerprint density at radius 2 is 1.65 bits per heavy atom. The van der Waals surface area contributed by atoms with Gasteiger partial charge in [-0.05, 0) is 31.5 Å². The zero-order chi connectivity index (χ0) is 14.8. The van der Waals surface area contributed by atoms with Crippen LogP contribution >= 0.6 is 11.8 Å². The number of thioether (sulfide) groups is 1. The molecular formula is C14H13F3N2S. The van der Waals surface area contributed by atoms with E-state index in [1.165, 1.54) is 29.0 Å². The number of nitrogens with zero attached hydrogens (tertiary/aromatic N) is 2. The molecule has 0 atom stereocenters. The van der Waals surface area contributed by atoms with Crippen LogP contribution in [0.4, 0.5) is 13.2 Å². The Kier molecular flexibility index (Phi) is 4.32. The quantitative estimate of drug-likeness (QED) is 0.785. The van der Waals surface area contributed by atoms with E-state index in [0.29, 0.717) is 10.8 Å². The van der Waals surface area contributed by atoms with Crippen molar-refractivity contribution >= 4 is 11.8 Å². The number of aryl methyl sites for hydroxylation is 2. The summed E-state index contributed by atoms with van der Waals surface area (Å²) in [4.78, 5) is 0. The molecule has 1 aromatic heterocycles. The maximum Gasteiger partial charge on any atom is 0.435 e. The maximum absolute atomic E-state index is 12.3. The van der Waals surface area contributed by atoms with Crippen LogP contribution in [0.15, 0.2) is 35.4 Å². The Balaban J connectivity index is 2.04. The Labute approximate surface area is 119 Å². The zero-order valence-corrected chi connectivity index (χ0v) is 11.8. The van der Waals surface area contributed by atoms with Gasteiger partial charge in [-0.3, -0.25) is 0 Å². The third-order valence-electron chi connectivity index (χ3n) is 2.60. The molecule has 0 amide bonds. The fraction of sp³-hybridized carbons (Fsp3) is 0.286. The molecule has 0 bridgehead atoms. The first-order valence-electron chi connectivity index (χ1n) is 5.95. The SMILES string of the molecule is Cc1cc(C)cc(CSc2ccc(C(F)(F)F)nn2)c1. The molecule has 0 aliphatic rings. The molecule has 2 aromatic rings. The van der Waals surface area contributed by atoms with Gasteiger partial charge in [0.15, 0.2) is 5.69 Å². The van der Waals surface area contributed by atoms with Gasteiger partial charge in [-0.2, -0.15) is 13.2 Å². The van der Waals surface area contributed by atoms with Gasteiger partial charge in [-0.15, -0.1) is 10.2 Å². The fourth-order valence-corrected chi connectivity index (χ4v) is 2.60. The van der Waals surface area contributed by atoms with Crippen molar-refractivity contribution < 1.29 is 13.2 Å². The van der Waals surface area contributed by atoms with Gasteiger partial charge in [0.25, 0.3) is 0 Å². The molecule has 0 spiro atoms. The lowest BCUT2D eigenvalue weighted by atomic mass is 10.1. The van der Waals surface area contributed by atoms with E-state index >= 15 is 0 Å². The van der Waals surface area contributed by atoms with E-state index in [1.807, 2.05) is 13.8 Å². The van der Waals surface area contributed by atoms with Gasteiger partial charge in [0.1, 0.15) is 5.03 Å². The molecule has 1 aromatic carbocycles. The second-order valence-electron chi connectivity index (χ2n) is 4.54. The van der Waals surface area contributed by atoms with Gasteiger partial charge >= 0.3 is 6.18 Å². The highest BCUT2D eigenvalue weighted by molar-refractivity contribution is 7.98. The van der Waals surface area contributed by atoms with Crippen molar-refractivity contribution in [3.05, 3.63) is 52.7 Å². The van der Waals surface area contributed by atoms with Crippen LogP contribution in [0.2, 0.25) is 0 Å². The van der Waals surface area contributed by atoms with Crippen molar-refractivity contribution in [1.82, 2.24) is 10.2 Å². The summed E-state index contributed by atoms with van der Waals surface area (Å²) in [6.07, 6.45) is -4.44. The third kappa shape index (κ3) is 3.96. The first-order chi connectivity index (χ1) is 9.34. The number of benzene rings is 1. The van der Waals surface area contributed by atoms with Crippen molar-refractivity contribution in [2.45, 2.75) is 30.8 Å². The molecular weight excluding hydrogens is 285 g/mol. The average Bonchev–Trinajstić information content (AvgIpc) is 2.35. The Bertz CT molecular complexity index is 574. The molecule has 0 aliphatic carbocycles. The zero-order valence-electron chi connectivity index (χ0n) is 11.0. The minimum absolute atomic E-state index is 0.483. The molecule has 0 saturated heterocycles. The van der Waals surface area contributed by atoms with Crippen molar-refractivity contribution in [2.75, 3.05) is 0 Å². The summed E-state index contributed by atoms with van der Waals surface area (Å²) >= 11 is 1.37. The molecule has 0 N–H and O–H groups in total. The van der Waals surface area contributed by atoms with Crippen LogP contribution < -0.4 is 0 Å². The molecule has 6 heteroatoms. The third-order valence-corrected chi connectivity index (χ3v) is 3.59. The molecule has 0 radical (unpaired) electrons. The van der Waals surface area contributed by atoms with E-state index < -0.39 is 11.9 Å². The molecule has 0 saturated carbocycles. The predicted octanol–water partition coefficient (Wildman–Crippen LogP) is 4.40. The Hall–Kier alpha value is -1.56. The molecule has 0 aliphatic heterocycles. The number of halogens is 3. The smallest absolute Gasteiger partial charge is 0.164 e. The standard InChI is InChI=1S/C14H13F3N2S/c1-9-5-10(2)7-11(6-9)8-20-13-4-3-12(18-19-13)14(15,16)17/h3-7H,8H2,1-2H3. The highest BCUT2D eigenvalue weighted by atomic mass is 32.2. The minimum atomic E-state index is -4.44. The lowest BCUT2D eigenvalue weighted by Gasteiger charge is -2.06. The van der Waals surface area contributed by atoms with Crippen molar-refractivity contribution in [2.24, 2.45) is 0 Å². The summed E-state index contributed by atoms with van der Waals surface area (Å²) in [5.41, 5.74) is 2.49. The summed E-state index contributed by atoms with van der Waals surface area (Å²) < 4.78 is 37.0. The van der Waals surface area contributed by atoms with Crippen LogP contribution in [0, 0.1) is 13.8 Å². The van der Waals surface area contributed by atoms with E-state index in [2.05, 4.69) is 28.4 Å². The van der Waals surface area contributed by atoms with Gasteiger partial charge < -0.3 is 0 Å². The van der Waals surface area contributed by atoms with Crippen LogP contribution in [0.1, 0.15) is 22.4 Å². The number of hydrogen-bond donors (Lipinski definition) is 0. The van der Waals surface area contributed by atoms with E-state index in [1.54, 1.807) is 0 Å². The normalized spacial score (nSPS) is 11.7. The molecule has 106 valence electrons. The highest BCUT2D eigenvalue weighted by Crippen LogP contribution is 2.28. The average molecular weight is 298 g/mol. The number of hydrogen-bond acceptors (Lipinski definition) is 3. The summed E-state index contributed by atoms with van der Waals surface area (Å²) in [5, 5.41) is 7.28. The molecule has 0 unspecified atom stereocenters. The summed E-state index contributed by atoms with van der Waals surface area (Å²) in [7, 11) is 0. The monoisotopic (exact) mass is 298 g/mol. The lowest BCUT2D eigenvalue weighted by molar-refractivity contribution is -0.141. The summed E-state index contributed by atoms with van der Waals surface area (Å²) in [5.74, 6) is 0.655. The van der Waals surface area contributed by atoms with Crippen molar-refractivity contribution in [3.63, 3.8) is 0 Å². The topological polar surface area (TPSA) is 25.8 Å².